The van der Waals surface area contributed by atoms with E-state index < -0.39 is 11.5 Å². The Morgan fingerprint density at radius 1 is 1.25 bits per heavy atom. The Labute approximate surface area is 165 Å². The fourth-order valence-electron chi connectivity index (χ4n) is 2.91. The van der Waals surface area contributed by atoms with Crippen molar-refractivity contribution in [1.29, 1.82) is 0 Å². The average molecular weight is 399 g/mol. The quantitative estimate of drug-likeness (QED) is 0.659. The number of hydrogen-bond acceptors (Lipinski definition) is 5. The maximum Gasteiger partial charge on any atom is 0.337 e. The molecule has 3 rings (SSSR count). The van der Waals surface area contributed by atoms with Crippen LogP contribution in [0.1, 0.15) is 30.1 Å². The number of aromatic nitrogens is 2. The van der Waals surface area contributed by atoms with Crippen molar-refractivity contribution in [1.82, 2.24) is 14.5 Å². The van der Waals surface area contributed by atoms with Crippen LogP contribution in [-0.2, 0) is 11.3 Å². The van der Waals surface area contributed by atoms with Crippen LogP contribution in [0.2, 0.25) is 0 Å². The second kappa shape index (κ2) is 8.35. The highest BCUT2D eigenvalue weighted by atomic mass is 32.1. The van der Waals surface area contributed by atoms with Gasteiger partial charge in [-0.05, 0) is 6.42 Å². The lowest BCUT2D eigenvalue weighted by Crippen LogP contribution is -2.35. The topological polar surface area (TPSA) is 92.5 Å². The molecule has 1 aromatic carbocycles. The Kier molecular flexibility index (Phi) is 5.89. The van der Waals surface area contributed by atoms with Gasteiger partial charge in [0.15, 0.2) is 0 Å². The van der Waals surface area contributed by atoms with Gasteiger partial charge < -0.3 is 10.0 Å². The average Bonchev–Trinajstić information content (AvgIpc) is 3.13. The molecule has 0 bridgehead atoms. The van der Waals surface area contributed by atoms with Crippen molar-refractivity contribution in [2.24, 2.45) is 0 Å². The number of carbonyl (C=O) groups is 2. The van der Waals surface area contributed by atoms with E-state index in [1.165, 1.54) is 9.95 Å². The maximum atomic E-state index is 13.2. The second-order valence-corrected chi connectivity index (χ2v) is 7.35. The van der Waals surface area contributed by atoms with E-state index in [0.29, 0.717) is 22.8 Å². The summed E-state index contributed by atoms with van der Waals surface area (Å²) in [4.78, 5) is 43.8. The largest absolute Gasteiger partial charge is 0.478 e. The third-order valence-electron chi connectivity index (χ3n) is 4.52. The van der Waals surface area contributed by atoms with Crippen LogP contribution in [0.5, 0.6) is 0 Å². The molecule has 8 heteroatoms. The Hall–Kier alpha value is -3.00. The fourth-order valence-corrected chi connectivity index (χ4v) is 3.81. The van der Waals surface area contributed by atoms with Gasteiger partial charge in [-0.25, -0.2) is 9.78 Å². The van der Waals surface area contributed by atoms with Crippen LogP contribution in [0, 0.1) is 0 Å². The van der Waals surface area contributed by atoms with Gasteiger partial charge in [0.1, 0.15) is 17.2 Å². The summed E-state index contributed by atoms with van der Waals surface area (Å²) >= 11 is 1.11. The number of aromatic carboxylic acids is 1. The highest BCUT2D eigenvalue weighted by Gasteiger charge is 2.22. The lowest BCUT2D eigenvalue weighted by Gasteiger charge is -2.19. The van der Waals surface area contributed by atoms with Crippen LogP contribution in [0.3, 0.4) is 0 Å². The van der Waals surface area contributed by atoms with E-state index in [1.54, 1.807) is 24.1 Å². The number of carboxylic acids is 1. The van der Waals surface area contributed by atoms with Gasteiger partial charge in [-0.15, -0.1) is 11.3 Å². The van der Waals surface area contributed by atoms with Gasteiger partial charge in [0.05, 0.1) is 10.9 Å². The first-order valence-electron chi connectivity index (χ1n) is 8.98. The minimum Gasteiger partial charge on any atom is -0.478 e. The first kappa shape index (κ1) is 19.8. The molecule has 2 heterocycles. The zero-order chi connectivity index (χ0) is 20.3. The van der Waals surface area contributed by atoms with E-state index >= 15 is 0 Å². The van der Waals surface area contributed by atoms with E-state index in [0.717, 1.165) is 24.2 Å². The van der Waals surface area contributed by atoms with Gasteiger partial charge in [0, 0.05) is 24.5 Å². The smallest absolute Gasteiger partial charge is 0.337 e. The van der Waals surface area contributed by atoms with E-state index in [1.807, 2.05) is 25.1 Å². The van der Waals surface area contributed by atoms with Crippen LogP contribution in [0.15, 0.2) is 40.5 Å². The summed E-state index contributed by atoms with van der Waals surface area (Å²) in [6.07, 6.45) is 1.82. The van der Waals surface area contributed by atoms with Crippen LogP contribution in [0.25, 0.3) is 21.6 Å². The van der Waals surface area contributed by atoms with Crippen molar-refractivity contribution in [3.63, 3.8) is 0 Å². The lowest BCUT2D eigenvalue weighted by molar-refractivity contribution is -0.130. The first-order valence-corrected chi connectivity index (χ1v) is 9.86. The molecule has 3 aromatic rings. The van der Waals surface area contributed by atoms with Crippen molar-refractivity contribution < 1.29 is 14.7 Å². The molecule has 28 heavy (non-hydrogen) atoms. The molecule has 0 radical (unpaired) electrons. The van der Waals surface area contributed by atoms with Gasteiger partial charge in [-0.1, -0.05) is 43.7 Å². The Morgan fingerprint density at radius 2 is 1.96 bits per heavy atom. The number of amides is 1. The summed E-state index contributed by atoms with van der Waals surface area (Å²) in [5.74, 6) is -1.05. The van der Waals surface area contributed by atoms with Crippen LogP contribution >= 0.6 is 11.3 Å². The number of likely N-dealkylation sites (N-methyl/N-ethyl adjacent to an activating group) is 1. The molecule has 0 fully saturated rings. The molecule has 0 saturated carbocycles. The molecule has 0 aliphatic rings. The van der Waals surface area contributed by atoms with Crippen LogP contribution in [0.4, 0.5) is 0 Å². The molecule has 0 aliphatic heterocycles. The van der Waals surface area contributed by atoms with Crippen molar-refractivity contribution >= 4 is 33.4 Å². The van der Waals surface area contributed by atoms with Gasteiger partial charge in [0.2, 0.25) is 5.91 Å². The minimum atomic E-state index is -1.18. The zero-order valence-corrected chi connectivity index (χ0v) is 16.5. The molecule has 2 aromatic heterocycles. The monoisotopic (exact) mass is 399 g/mol. The number of unbranched alkanes of at least 4 members (excludes halogenated alkanes) is 1. The third-order valence-corrected chi connectivity index (χ3v) is 5.39. The summed E-state index contributed by atoms with van der Waals surface area (Å²) in [5, 5.41) is 10.9. The van der Waals surface area contributed by atoms with Crippen molar-refractivity contribution in [2.75, 3.05) is 13.6 Å². The molecule has 0 atom stereocenters. The third kappa shape index (κ3) is 3.82. The predicted molar refractivity (Wildman–Crippen MR) is 109 cm³/mol. The number of fused-ring (bicyclic) bond motifs is 1. The predicted octanol–water partition coefficient (Wildman–Crippen LogP) is 3.08. The highest BCUT2D eigenvalue weighted by molar-refractivity contribution is 7.17. The zero-order valence-electron chi connectivity index (χ0n) is 15.7. The number of nitrogens with zero attached hydrogens (tertiary/aromatic N) is 3. The second-order valence-electron chi connectivity index (χ2n) is 6.50. The van der Waals surface area contributed by atoms with Crippen molar-refractivity contribution in [3.05, 3.63) is 51.6 Å². The molecular formula is C20H21N3O4S. The van der Waals surface area contributed by atoms with Gasteiger partial charge >= 0.3 is 5.97 Å². The summed E-state index contributed by atoms with van der Waals surface area (Å²) in [6, 6.07) is 9.11. The van der Waals surface area contributed by atoms with E-state index in [2.05, 4.69) is 4.98 Å². The number of carbonyl (C=O) groups excluding carboxylic acids is 1. The van der Waals surface area contributed by atoms with Crippen LogP contribution < -0.4 is 5.56 Å². The molecule has 0 spiro atoms. The molecule has 0 unspecified atom stereocenters. The molecule has 1 amide bonds. The molecule has 0 saturated heterocycles. The summed E-state index contributed by atoms with van der Waals surface area (Å²) < 4.78 is 1.28. The summed E-state index contributed by atoms with van der Waals surface area (Å²) in [6.45, 7) is 2.44. The van der Waals surface area contributed by atoms with Crippen LogP contribution in [-0.4, -0.2) is 45.0 Å². The number of thiophene rings is 1. The van der Waals surface area contributed by atoms with Gasteiger partial charge in [0.25, 0.3) is 5.56 Å². The van der Waals surface area contributed by atoms with E-state index in [-0.39, 0.29) is 23.4 Å². The summed E-state index contributed by atoms with van der Waals surface area (Å²) in [5.41, 5.74) is 0.0909. The molecule has 7 nitrogen and oxygen atoms in total. The molecular weight excluding hydrogens is 378 g/mol. The normalized spacial score (nSPS) is 10.9. The first-order chi connectivity index (χ1) is 13.4. The standard InChI is InChI=1S/C20H21N3O4S/c1-3-4-10-22(2)15(24)11-23-17(13-8-6-5-7-9-13)21-18-16(19(23)25)14(12-28-18)20(26)27/h5-9,12H,3-4,10-11H2,1-2H3,(H,26,27). The molecule has 146 valence electrons. The highest BCUT2D eigenvalue weighted by Crippen LogP contribution is 2.25. The maximum absolute atomic E-state index is 13.2. The fraction of sp³-hybridized carbons (Fsp3) is 0.300. The number of rotatable bonds is 7. The van der Waals surface area contributed by atoms with Gasteiger partial charge in [-0.3, -0.25) is 14.2 Å². The lowest BCUT2D eigenvalue weighted by atomic mass is 10.2. The van der Waals surface area contributed by atoms with Gasteiger partial charge in [-0.2, -0.15) is 0 Å². The summed E-state index contributed by atoms with van der Waals surface area (Å²) in [7, 11) is 1.70. The number of benzene rings is 1. The minimum absolute atomic E-state index is 0.0428. The number of carboxylic acid groups (broad SMARTS) is 1. The van der Waals surface area contributed by atoms with E-state index in [9.17, 15) is 19.5 Å². The van der Waals surface area contributed by atoms with E-state index in [4.69, 9.17) is 0 Å². The Bertz CT molecular complexity index is 1070. The SMILES string of the molecule is CCCCN(C)C(=O)Cn1c(-c2ccccc2)nc2scc(C(=O)O)c2c1=O. The Morgan fingerprint density at radius 3 is 2.61 bits per heavy atom. The van der Waals surface area contributed by atoms with Crippen molar-refractivity contribution in [3.8, 4) is 11.4 Å². The Balaban J connectivity index is 2.15. The van der Waals surface area contributed by atoms with Crippen molar-refractivity contribution in [2.45, 2.75) is 26.3 Å². The molecule has 1 N–H and O–H groups in total. The number of hydrogen-bond donors (Lipinski definition) is 1. The molecule has 0 aliphatic carbocycles.